The predicted octanol–water partition coefficient (Wildman–Crippen LogP) is 2.06. The lowest BCUT2D eigenvalue weighted by atomic mass is 10.1. The van der Waals surface area contributed by atoms with Crippen LogP contribution in [0.3, 0.4) is 0 Å². The summed E-state index contributed by atoms with van der Waals surface area (Å²) in [4.78, 5) is 16.1. The minimum Gasteiger partial charge on any atom is -0.383 e. The van der Waals surface area contributed by atoms with Crippen molar-refractivity contribution in [1.29, 1.82) is 0 Å². The van der Waals surface area contributed by atoms with E-state index in [1.165, 1.54) is 12.5 Å². The zero-order valence-electron chi connectivity index (χ0n) is 9.83. The van der Waals surface area contributed by atoms with Crippen LogP contribution in [0.2, 0.25) is 0 Å². The van der Waals surface area contributed by atoms with Crippen LogP contribution in [0.4, 0.5) is 11.5 Å². The molecule has 1 amide bonds. The molecule has 0 bridgehead atoms. The maximum absolute atomic E-state index is 12.0. The Balaban J connectivity index is 1.98. The summed E-state index contributed by atoms with van der Waals surface area (Å²) >= 11 is 0. The Morgan fingerprint density at radius 2 is 2.16 bits per heavy atom. The number of rotatable bonds is 2. The zero-order chi connectivity index (χ0) is 13.2. The standard InChI is InChI=1S/C13H10N4O2/c14-12-10-4-2-1-3-8(10)5-11(17-12)13(18)16-9-6-15-19-7-9/h1-7H,(H2,14,17)(H,16,18). The Kier molecular flexibility index (Phi) is 2.60. The molecule has 3 aromatic rings. The van der Waals surface area contributed by atoms with Crippen molar-refractivity contribution in [3.8, 4) is 0 Å². The third kappa shape index (κ3) is 2.11. The lowest BCUT2D eigenvalue weighted by Crippen LogP contribution is -2.14. The summed E-state index contributed by atoms with van der Waals surface area (Å²) in [6.07, 6.45) is 2.74. The van der Waals surface area contributed by atoms with Gasteiger partial charge in [-0.3, -0.25) is 4.79 Å². The van der Waals surface area contributed by atoms with Gasteiger partial charge in [0, 0.05) is 5.39 Å². The van der Waals surface area contributed by atoms with Gasteiger partial charge in [0.25, 0.3) is 5.91 Å². The maximum atomic E-state index is 12.0. The summed E-state index contributed by atoms with van der Waals surface area (Å²) in [6.45, 7) is 0. The summed E-state index contributed by atoms with van der Waals surface area (Å²) in [5.41, 5.74) is 6.56. The molecule has 0 aliphatic carbocycles. The number of hydrogen-bond acceptors (Lipinski definition) is 5. The van der Waals surface area contributed by atoms with Crippen LogP contribution < -0.4 is 11.1 Å². The molecule has 0 fully saturated rings. The minimum absolute atomic E-state index is 0.248. The van der Waals surface area contributed by atoms with Crippen molar-refractivity contribution in [2.24, 2.45) is 0 Å². The van der Waals surface area contributed by atoms with E-state index >= 15 is 0 Å². The molecule has 0 unspecified atom stereocenters. The first-order chi connectivity index (χ1) is 9.24. The van der Waals surface area contributed by atoms with E-state index in [4.69, 9.17) is 5.73 Å². The number of carbonyl (C=O) groups is 1. The molecule has 0 radical (unpaired) electrons. The smallest absolute Gasteiger partial charge is 0.274 e. The number of anilines is 2. The van der Waals surface area contributed by atoms with Crippen molar-refractivity contribution in [3.63, 3.8) is 0 Å². The minimum atomic E-state index is -0.361. The fourth-order valence-corrected chi connectivity index (χ4v) is 1.80. The highest BCUT2D eigenvalue weighted by molar-refractivity contribution is 6.06. The van der Waals surface area contributed by atoms with Crippen molar-refractivity contribution in [2.45, 2.75) is 0 Å². The van der Waals surface area contributed by atoms with Gasteiger partial charge in [0.15, 0.2) is 0 Å². The Hall–Kier alpha value is -2.89. The topological polar surface area (TPSA) is 94.0 Å². The Bertz CT molecular complexity index is 737. The molecular weight excluding hydrogens is 244 g/mol. The molecule has 2 aromatic heterocycles. The molecule has 6 heteroatoms. The number of fused-ring (bicyclic) bond motifs is 1. The number of benzene rings is 1. The van der Waals surface area contributed by atoms with Crippen LogP contribution in [-0.2, 0) is 0 Å². The first kappa shape index (κ1) is 11.2. The van der Waals surface area contributed by atoms with E-state index in [9.17, 15) is 4.79 Å². The molecule has 19 heavy (non-hydrogen) atoms. The molecule has 3 N–H and O–H groups in total. The number of nitrogen functional groups attached to an aromatic ring is 1. The number of nitrogens with one attached hydrogen (secondary N) is 1. The predicted molar refractivity (Wildman–Crippen MR) is 70.6 cm³/mol. The Morgan fingerprint density at radius 3 is 2.95 bits per heavy atom. The van der Waals surface area contributed by atoms with Gasteiger partial charge in [-0.25, -0.2) is 4.98 Å². The number of pyridine rings is 1. The van der Waals surface area contributed by atoms with Gasteiger partial charge in [-0.2, -0.15) is 0 Å². The van der Waals surface area contributed by atoms with Crippen molar-refractivity contribution in [3.05, 3.63) is 48.5 Å². The van der Waals surface area contributed by atoms with Crippen LogP contribution in [-0.4, -0.2) is 16.0 Å². The molecule has 2 heterocycles. The molecule has 0 saturated heterocycles. The highest BCUT2D eigenvalue weighted by atomic mass is 16.5. The number of nitrogens with zero attached hydrogens (tertiary/aromatic N) is 2. The molecule has 0 aliphatic rings. The van der Waals surface area contributed by atoms with Gasteiger partial charge >= 0.3 is 0 Å². The highest BCUT2D eigenvalue weighted by Crippen LogP contribution is 2.20. The Morgan fingerprint density at radius 1 is 1.32 bits per heavy atom. The van der Waals surface area contributed by atoms with Crippen LogP contribution in [0.15, 0.2) is 47.3 Å². The molecule has 0 aliphatic heterocycles. The van der Waals surface area contributed by atoms with E-state index < -0.39 is 0 Å². The van der Waals surface area contributed by atoms with E-state index in [2.05, 4.69) is 20.0 Å². The molecule has 6 nitrogen and oxygen atoms in total. The van der Waals surface area contributed by atoms with E-state index in [1.54, 1.807) is 6.07 Å². The summed E-state index contributed by atoms with van der Waals surface area (Å²) < 4.78 is 4.64. The fourth-order valence-electron chi connectivity index (χ4n) is 1.80. The third-order valence-corrected chi connectivity index (χ3v) is 2.69. The number of hydrogen-bond donors (Lipinski definition) is 2. The number of nitrogens with two attached hydrogens (primary N) is 1. The van der Waals surface area contributed by atoms with Crippen molar-refractivity contribution in [2.75, 3.05) is 11.1 Å². The SMILES string of the molecule is Nc1nc(C(=O)Nc2cnoc2)cc2ccccc12. The van der Waals surface area contributed by atoms with Gasteiger partial charge in [0.05, 0.1) is 6.20 Å². The molecular formula is C13H10N4O2. The van der Waals surface area contributed by atoms with E-state index in [0.29, 0.717) is 11.5 Å². The Labute approximate surface area is 108 Å². The first-order valence-electron chi connectivity index (χ1n) is 5.60. The number of amides is 1. The zero-order valence-corrected chi connectivity index (χ0v) is 9.83. The number of aromatic nitrogens is 2. The second-order valence-corrected chi connectivity index (χ2v) is 3.98. The lowest BCUT2D eigenvalue weighted by molar-refractivity contribution is 0.102. The van der Waals surface area contributed by atoms with E-state index in [-0.39, 0.29) is 11.6 Å². The molecule has 0 spiro atoms. The van der Waals surface area contributed by atoms with Gasteiger partial charge in [-0.15, -0.1) is 0 Å². The molecule has 1 aromatic carbocycles. The third-order valence-electron chi connectivity index (χ3n) is 2.69. The lowest BCUT2D eigenvalue weighted by Gasteiger charge is -2.05. The van der Waals surface area contributed by atoms with Crippen LogP contribution in [0.1, 0.15) is 10.5 Å². The largest absolute Gasteiger partial charge is 0.383 e. The van der Waals surface area contributed by atoms with Gasteiger partial charge in [-0.1, -0.05) is 29.4 Å². The van der Waals surface area contributed by atoms with Crippen LogP contribution in [0.25, 0.3) is 10.8 Å². The fraction of sp³-hybridized carbons (Fsp3) is 0. The summed E-state index contributed by atoms with van der Waals surface area (Å²) in [5, 5.41) is 7.81. The van der Waals surface area contributed by atoms with Crippen molar-refractivity contribution in [1.82, 2.24) is 10.1 Å². The molecule has 94 valence electrons. The van der Waals surface area contributed by atoms with Crippen LogP contribution in [0, 0.1) is 0 Å². The average molecular weight is 254 g/mol. The maximum Gasteiger partial charge on any atom is 0.274 e. The average Bonchev–Trinajstić information content (AvgIpc) is 2.91. The molecule has 0 saturated carbocycles. The summed E-state index contributed by atoms with van der Waals surface area (Å²) in [7, 11) is 0. The number of carbonyl (C=O) groups excluding carboxylic acids is 1. The van der Waals surface area contributed by atoms with Crippen molar-refractivity contribution < 1.29 is 9.32 Å². The first-order valence-corrected chi connectivity index (χ1v) is 5.60. The van der Waals surface area contributed by atoms with Gasteiger partial charge < -0.3 is 15.6 Å². The van der Waals surface area contributed by atoms with Gasteiger partial charge in [0.2, 0.25) is 0 Å². The quantitative estimate of drug-likeness (QED) is 0.730. The summed E-state index contributed by atoms with van der Waals surface area (Å²) in [6, 6.07) is 9.18. The van der Waals surface area contributed by atoms with Gasteiger partial charge in [0.1, 0.15) is 23.5 Å². The van der Waals surface area contributed by atoms with Crippen molar-refractivity contribution >= 4 is 28.2 Å². The van der Waals surface area contributed by atoms with E-state index in [0.717, 1.165) is 10.8 Å². The second-order valence-electron chi connectivity index (χ2n) is 3.98. The molecule has 3 rings (SSSR count). The molecule has 0 atom stereocenters. The van der Waals surface area contributed by atoms with E-state index in [1.807, 2.05) is 24.3 Å². The highest BCUT2D eigenvalue weighted by Gasteiger charge is 2.11. The summed E-state index contributed by atoms with van der Waals surface area (Å²) in [5.74, 6) is -0.0331. The normalized spacial score (nSPS) is 10.5. The monoisotopic (exact) mass is 254 g/mol. The van der Waals surface area contributed by atoms with Crippen LogP contribution in [0.5, 0.6) is 0 Å². The second kappa shape index (κ2) is 4.41. The van der Waals surface area contributed by atoms with Gasteiger partial charge in [-0.05, 0) is 11.5 Å². The van der Waals surface area contributed by atoms with Crippen LogP contribution >= 0.6 is 0 Å².